The third-order valence-corrected chi connectivity index (χ3v) is 3.67. The molecule has 112 valence electrons. The van der Waals surface area contributed by atoms with Crippen LogP contribution in [0.15, 0.2) is 30.9 Å². The van der Waals surface area contributed by atoms with Crippen LogP contribution in [0.1, 0.15) is 0 Å². The van der Waals surface area contributed by atoms with Crippen molar-refractivity contribution >= 4 is 11.7 Å². The maximum absolute atomic E-state index is 12.2. The summed E-state index contributed by atoms with van der Waals surface area (Å²) >= 11 is 0. The van der Waals surface area contributed by atoms with E-state index in [1.807, 2.05) is 17.0 Å². The predicted octanol–water partition coefficient (Wildman–Crippen LogP) is 1.75. The highest BCUT2D eigenvalue weighted by molar-refractivity contribution is 5.89. The molecule has 2 amide bonds. The van der Waals surface area contributed by atoms with E-state index >= 15 is 0 Å². The SMILES string of the molecule is C=CCN1CCN(C(=O)Nc2ccc3c(c2)OCO3)CC1. The van der Waals surface area contributed by atoms with Gasteiger partial charge in [0, 0.05) is 44.5 Å². The number of anilines is 1. The Labute approximate surface area is 123 Å². The largest absolute Gasteiger partial charge is 0.454 e. The molecule has 2 aliphatic heterocycles. The smallest absolute Gasteiger partial charge is 0.321 e. The predicted molar refractivity (Wildman–Crippen MR) is 79.8 cm³/mol. The fourth-order valence-electron chi connectivity index (χ4n) is 2.49. The Morgan fingerprint density at radius 1 is 1.24 bits per heavy atom. The number of ether oxygens (including phenoxy) is 2. The quantitative estimate of drug-likeness (QED) is 0.861. The summed E-state index contributed by atoms with van der Waals surface area (Å²) in [5.74, 6) is 1.38. The number of nitrogens with one attached hydrogen (secondary N) is 1. The van der Waals surface area contributed by atoms with Gasteiger partial charge in [0.1, 0.15) is 0 Å². The molecule has 1 aromatic carbocycles. The molecule has 6 nitrogen and oxygen atoms in total. The van der Waals surface area contributed by atoms with E-state index in [1.165, 1.54) is 0 Å². The Morgan fingerprint density at radius 3 is 2.76 bits per heavy atom. The van der Waals surface area contributed by atoms with E-state index < -0.39 is 0 Å². The van der Waals surface area contributed by atoms with E-state index in [-0.39, 0.29) is 12.8 Å². The van der Waals surface area contributed by atoms with Crippen LogP contribution < -0.4 is 14.8 Å². The zero-order valence-corrected chi connectivity index (χ0v) is 11.9. The zero-order valence-electron chi connectivity index (χ0n) is 11.9. The maximum Gasteiger partial charge on any atom is 0.321 e. The molecule has 1 N–H and O–H groups in total. The van der Waals surface area contributed by atoms with Crippen LogP contribution in [-0.4, -0.2) is 55.3 Å². The minimum Gasteiger partial charge on any atom is -0.454 e. The summed E-state index contributed by atoms with van der Waals surface area (Å²) in [6.45, 7) is 8.05. The van der Waals surface area contributed by atoms with Gasteiger partial charge in [0.15, 0.2) is 11.5 Å². The number of rotatable bonds is 3. The second-order valence-corrected chi connectivity index (χ2v) is 5.07. The van der Waals surface area contributed by atoms with Gasteiger partial charge in [-0.15, -0.1) is 6.58 Å². The van der Waals surface area contributed by atoms with E-state index in [2.05, 4.69) is 16.8 Å². The first kappa shape index (κ1) is 13.8. The van der Waals surface area contributed by atoms with E-state index in [9.17, 15) is 4.79 Å². The van der Waals surface area contributed by atoms with Gasteiger partial charge in [0.2, 0.25) is 6.79 Å². The minimum absolute atomic E-state index is 0.0767. The molecular formula is C15H19N3O3. The number of carbonyl (C=O) groups excluding carboxylic acids is 1. The van der Waals surface area contributed by atoms with Crippen molar-refractivity contribution in [3.8, 4) is 11.5 Å². The molecule has 2 heterocycles. The Morgan fingerprint density at radius 2 is 2.00 bits per heavy atom. The van der Waals surface area contributed by atoms with Crippen LogP contribution in [0.4, 0.5) is 10.5 Å². The number of piperazine rings is 1. The molecule has 0 saturated carbocycles. The highest BCUT2D eigenvalue weighted by Gasteiger charge is 2.21. The lowest BCUT2D eigenvalue weighted by Gasteiger charge is -2.34. The molecule has 1 aromatic rings. The Bertz CT molecular complexity index is 539. The summed E-state index contributed by atoms with van der Waals surface area (Å²) in [5.41, 5.74) is 0.720. The van der Waals surface area contributed by atoms with Crippen molar-refractivity contribution in [3.05, 3.63) is 30.9 Å². The van der Waals surface area contributed by atoms with E-state index in [0.717, 1.165) is 38.4 Å². The van der Waals surface area contributed by atoms with Crippen molar-refractivity contribution < 1.29 is 14.3 Å². The van der Waals surface area contributed by atoms with Crippen molar-refractivity contribution in [2.45, 2.75) is 0 Å². The number of amides is 2. The molecule has 6 heteroatoms. The molecule has 1 fully saturated rings. The van der Waals surface area contributed by atoms with Crippen LogP contribution in [-0.2, 0) is 0 Å². The average Bonchev–Trinajstić information content (AvgIpc) is 2.96. The van der Waals surface area contributed by atoms with Gasteiger partial charge in [-0.05, 0) is 12.1 Å². The van der Waals surface area contributed by atoms with Crippen molar-refractivity contribution in [2.75, 3.05) is 44.8 Å². The molecule has 0 aliphatic carbocycles. The summed E-state index contributed by atoms with van der Waals surface area (Å²) in [5, 5.41) is 2.90. The van der Waals surface area contributed by atoms with Crippen LogP contribution in [0.2, 0.25) is 0 Å². The number of urea groups is 1. The van der Waals surface area contributed by atoms with Gasteiger partial charge in [-0.25, -0.2) is 4.79 Å². The first-order valence-electron chi connectivity index (χ1n) is 7.05. The normalized spacial score (nSPS) is 17.6. The molecule has 0 radical (unpaired) electrons. The molecular weight excluding hydrogens is 270 g/mol. The van der Waals surface area contributed by atoms with E-state index in [1.54, 1.807) is 12.1 Å². The molecule has 0 unspecified atom stereocenters. The van der Waals surface area contributed by atoms with Crippen molar-refractivity contribution in [3.63, 3.8) is 0 Å². The third-order valence-electron chi connectivity index (χ3n) is 3.67. The molecule has 21 heavy (non-hydrogen) atoms. The Balaban J connectivity index is 1.56. The lowest BCUT2D eigenvalue weighted by atomic mass is 10.2. The topological polar surface area (TPSA) is 54.0 Å². The van der Waals surface area contributed by atoms with Crippen molar-refractivity contribution in [1.82, 2.24) is 9.80 Å². The maximum atomic E-state index is 12.2. The van der Waals surface area contributed by atoms with Crippen LogP contribution in [0, 0.1) is 0 Å². The fourth-order valence-corrected chi connectivity index (χ4v) is 2.49. The fraction of sp³-hybridized carbons (Fsp3) is 0.400. The molecule has 0 bridgehead atoms. The monoisotopic (exact) mass is 289 g/mol. The van der Waals surface area contributed by atoms with Crippen LogP contribution in [0.25, 0.3) is 0 Å². The van der Waals surface area contributed by atoms with Gasteiger partial charge in [-0.2, -0.15) is 0 Å². The number of fused-ring (bicyclic) bond motifs is 1. The Kier molecular flexibility index (Phi) is 3.96. The molecule has 0 atom stereocenters. The summed E-state index contributed by atoms with van der Waals surface area (Å²) in [4.78, 5) is 16.3. The minimum atomic E-state index is -0.0767. The lowest BCUT2D eigenvalue weighted by molar-refractivity contribution is 0.156. The van der Waals surface area contributed by atoms with Crippen LogP contribution in [0.5, 0.6) is 11.5 Å². The first-order chi connectivity index (χ1) is 10.3. The van der Waals surface area contributed by atoms with Gasteiger partial charge in [-0.1, -0.05) is 6.08 Å². The first-order valence-corrected chi connectivity index (χ1v) is 7.05. The zero-order chi connectivity index (χ0) is 14.7. The van der Waals surface area contributed by atoms with Gasteiger partial charge in [-0.3, -0.25) is 4.90 Å². The van der Waals surface area contributed by atoms with Crippen molar-refractivity contribution in [1.29, 1.82) is 0 Å². The number of carbonyl (C=O) groups is 1. The van der Waals surface area contributed by atoms with Crippen LogP contribution in [0.3, 0.4) is 0 Å². The number of nitrogens with zero attached hydrogens (tertiary/aromatic N) is 2. The highest BCUT2D eigenvalue weighted by Crippen LogP contribution is 2.34. The number of benzene rings is 1. The summed E-state index contributed by atoms with van der Waals surface area (Å²) in [6.07, 6.45) is 1.89. The molecule has 2 aliphatic rings. The second-order valence-electron chi connectivity index (χ2n) is 5.07. The van der Waals surface area contributed by atoms with Gasteiger partial charge in [0.05, 0.1) is 0 Å². The molecule has 1 saturated heterocycles. The number of hydrogen-bond acceptors (Lipinski definition) is 4. The standard InChI is InChI=1S/C15H19N3O3/c1-2-5-17-6-8-18(9-7-17)15(19)16-12-3-4-13-14(10-12)21-11-20-13/h2-4,10H,1,5-9,11H2,(H,16,19). The summed E-state index contributed by atoms with van der Waals surface area (Å²) in [7, 11) is 0. The highest BCUT2D eigenvalue weighted by atomic mass is 16.7. The lowest BCUT2D eigenvalue weighted by Crippen LogP contribution is -2.49. The third kappa shape index (κ3) is 3.11. The van der Waals surface area contributed by atoms with Crippen molar-refractivity contribution in [2.24, 2.45) is 0 Å². The van der Waals surface area contributed by atoms with Gasteiger partial charge < -0.3 is 19.7 Å². The molecule has 3 rings (SSSR count). The number of hydrogen-bond donors (Lipinski definition) is 1. The molecule has 0 spiro atoms. The van der Waals surface area contributed by atoms with E-state index in [0.29, 0.717) is 11.5 Å². The summed E-state index contributed by atoms with van der Waals surface area (Å²) in [6, 6.07) is 5.33. The van der Waals surface area contributed by atoms with Crippen LogP contribution >= 0.6 is 0 Å². The van der Waals surface area contributed by atoms with Gasteiger partial charge in [0.25, 0.3) is 0 Å². The Hall–Kier alpha value is -2.21. The molecule has 0 aromatic heterocycles. The summed E-state index contributed by atoms with van der Waals surface area (Å²) < 4.78 is 10.6. The second kappa shape index (κ2) is 6.05. The van der Waals surface area contributed by atoms with E-state index in [4.69, 9.17) is 9.47 Å². The van der Waals surface area contributed by atoms with Gasteiger partial charge >= 0.3 is 6.03 Å². The average molecular weight is 289 g/mol.